The summed E-state index contributed by atoms with van der Waals surface area (Å²) in [6.45, 7) is 2.20. The summed E-state index contributed by atoms with van der Waals surface area (Å²) in [7, 11) is 0. The van der Waals surface area contributed by atoms with E-state index in [0.717, 1.165) is 5.56 Å². The van der Waals surface area contributed by atoms with Gasteiger partial charge in [0.05, 0.1) is 19.1 Å². The zero-order valence-corrected chi connectivity index (χ0v) is 11.9. The number of carbonyl (C=O) groups excluding carboxylic acids is 1. The molecule has 0 saturated carbocycles. The number of rotatable bonds is 5. The van der Waals surface area contributed by atoms with Crippen molar-refractivity contribution in [1.82, 2.24) is 4.90 Å². The third kappa shape index (κ3) is 3.95. The summed E-state index contributed by atoms with van der Waals surface area (Å²) in [6, 6.07) is 6.54. The molecule has 0 bridgehead atoms. The summed E-state index contributed by atoms with van der Waals surface area (Å²) in [5.41, 5.74) is 1.06. The second-order valence-corrected chi connectivity index (χ2v) is 5.20. The molecule has 6 nitrogen and oxygen atoms in total. The number of benzene rings is 1. The molecule has 114 valence electrons. The Balaban J connectivity index is 1.85. The first-order valence-corrected chi connectivity index (χ1v) is 6.87. The third-order valence-electron chi connectivity index (χ3n) is 3.46. The van der Waals surface area contributed by atoms with Gasteiger partial charge in [-0.15, -0.1) is 0 Å². The monoisotopic (exact) mass is 293 g/mol. The van der Waals surface area contributed by atoms with Crippen molar-refractivity contribution < 1.29 is 24.5 Å². The van der Waals surface area contributed by atoms with Gasteiger partial charge in [-0.1, -0.05) is 12.1 Å². The standard InChI is InChI=1S/C15H19NO5/c1-10-3-2-4-12(7-10)21-6-5-14(18)16-9-11(17)8-13(16)15(19)20/h2-4,7,11,13,17H,5-6,8-9H2,1H3,(H,19,20)/t11-,13-/m1/s1. The Bertz CT molecular complexity index is 531. The van der Waals surface area contributed by atoms with Crippen LogP contribution in [-0.4, -0.2) is 52.3 Å². The summed E-state index contributed by atoms with van der Waals surface area (Å²) in [4.78, 5) is 24.3. The SMILES string of the molecule is Cc1cccc(OCCC(=O)N2C[C@H](O)C[C@@H]2C(=O)O)c1. The van der Waals surface area contributed by atoms with E-state index in [9.17, 15) is 14.7 Å². The van der Waals surface area contributed by atoms with Gasteiger partial charge in [-0.25, -0.2) is 4.79 Å². The Morgan fingerprint density at radius 2 is 2.19 bits per heavy atom. The maximum Gasteiger partial charge on any atom is 0.326 e. The average molecular weight is 293 g/mol. The molecule has 21 heavy (non-hydrogen) atoms. The van der Waals surface area contributed by atoms with Crippen LogP contribution >= 0.6 is 0 Å². The average Bonchev–Trinajstić information content (AvgIpc) is 2.81. The van der Waals surface area contributed by atoms with E-state index in [-0.39, 0.29) is 31.9 Å². The number of aliphatic hydroxyl groups is 1. The fraction of sp³-hybridized carbons (Fsp3) is 0.467. The van der Waals surface area contributed by atoms with Gasteiger partial charge in [0.25, 0.3) is 0 Å². The van der Waals surface area contributed by atoms with E-state index in [4.69, 9.17) is 9.84 Å². The molecule has 2 N–H and O–H groups in total. The number of aliphatic carboxylic acids is 1. The minimum Gasteiger partial charge on any atom is -0.493 e. The molecule has 1 heterocycles. The van der Waals surface area contributed by atoms with E-state index >= 15 is 0 Å². The predicted molar refractivity (Wildman–Crippen MR) is 75.1 cm³/mol. The van der Waals surface area contributed by atoms with Crippen LogP contribution in [-0.2, 0) is 9.59 Å². The molecule has 6 heteroatoms. The predicted octanol–water partition coefficient (Wildman–Crippen LogP) is 0.810. The molecule has 0 aliphatic carbocycles. The van der Waals surface area contributed by atoms with Gasteiger partial charge in [0.2, 0.25) is 5.91 Å². The number of nitrogens with zero attached hydrogens (tertiary/aromatic N) is 1. The Morgan fingerprint density at radius 3 is 2.86 bits per heavy atom. The second-order valence-electron chi connectivity index (χ2n) is 5.20. The van der Waals surface area contributed by atoms with Crippen molar-refractivity contribution in [3.8, 4) is 5.75 Å². The molecule has 1 aliphatic rings. The van der Waals surface area contributed by atoms with E-state index in [1.54, 1.807) is 6.07 Å². The number of carboxylic acid groups (broad SMARTS) is 1. The number of carboxylic acids is 1. The summed E-state index contributed by atoms with van der Waals surface area (Å²) >= 11 is 0. The summed E-state index contributed by atoms with van der Waals surface area (Å²) < 4.78 is 5.48. The van der Waals surface area contributed by atoms with E-state index in [1.807, 2.05) is 25.1 Å². The summed E-state index contributed by atoms with van der Waals surface area (Å²) in [5.74, 6) is -0.717. The zero-order valence-electron chi connectivity index (χ0n) is 11.9. The van der Waals surface area contributed by atoms with Gasteiger partial charge in [-0.3, -0.25) is 4.79 Å². The van der Waals surface area contributed by atoms with E-state index < -0.39 is 18.1 Å². The molecule has 0 spiro atoms. The van der Waals surface area contributed by atoms with Crippen molar-refractivity contribution in [3.05, 3.63) is 29.8 Å². The van der Waals surface area contributed by atoms with Crippen LogP contribution < -0.4 is 4.74 Å². The molecular weight excluding hydrogens is 274 g/mol. The number of aliphatic hydroxyl groups excluding tert-OH is 1. The van der Waals surface area contributed by atoms with Crippen LogP contribution in [0, 0.1) is 6.92 Å². The Labute approximate surface area is 122 Å². The van der Waals surface area contributed by atoms with Crippen LogP contribution in [0.15, 0.2) is 24.3 Å². The highest BCUT2D eigenvalue weighted by atomic mass is 16.5. The fourth-order valence-corrected chi connectivity index (χ4v) is 2.43. The lowest BCUT2D eigenvalue weighted by Gasteiger charge is -2.21. The highest BCUT2D eigenvalue weighted by molar-refractivity contribution is 5.84. The Hall–Kier alpha value is -2.08. The van der Waals surface area contributed by atoms with Crippen LogP contribution in [0.5, 0.6) is 5.75 Å². The van der Waals surface area contributed by atoms with Gasteiger partial charge in [0, 0.05) is 13.0 Å². The van der Waals surface area contributed by atoms with E-state index in [0.29, 0.717) is 5.75 Å². The first kappa shape index (κ1) is 15.3. The number of aryl methyl sites for hydroxylation is 1. The van der Waals surface area contributed by atoms with E-state index in [2.05, 4.69) is 0 Å². The highest BCUT2D eigenvalue weighted by Gasteiger charge is 2.38. The van der Waals surface area contributed by atoms with Crippen molar-refractivity contribution in [2.45, 2.75) is 31.9 Å². The lowest BCUT2D eigenvalue weighted by atomic mass is 10.2. The lowest BCUT2D eigenvalue weighted by molar-refractivity contribution is -0.148. The molecule has 1 aromatic carbocycles. The lowest BCUT2D eigenvalue weighted by Crippen LogP contribution is -2.41. The van der Waals surface area contributed by atoms with Crippen LogP contribution in [0.4, 0.5) is 0 Å². The highest BCUT2D eigenvalue weighted by Crippen LogP contribution is 2.19. The molecule has 0 unspecified atom stereocenters. The number of hydrogen-bond donors (Lipinski definition) is 2. The van der Waals surface area contributed by atoms with Crippen LogP contribution in [0.2, 0.25) is 0 Å². The van der Waals surface area contributed by atoms with Gasteiger partial charge in [0.1, 0.15) is 11.8 Å². The molecule has 1 fully saturated rings. The number of amides is 1. The van der Waals surface area contributed by atoms with Crippen LogP contribution in [0.3, 0.4) is 0 Å². The largest absolute Gasteiger partial charge is 0.493 e. The van der Waals surface area contributed by atoms with E-state index in [1.165, 1.54) is 4.90 Å². The number of ether oxygens (including phenoxy) is 1. The molecule has 1 aromatic rings. The zero-order chi connectivity index (χ0) is 15.4. The maximum absolute atomic E-state index is 12.0. The van der Waals surface area contributed by atoms with Gasteiger partial charge in [-0.05, 0) is 24.6 Å². The van der Waals surface area contributed by atoms with Crippen molar-refractivity contribution >= 4 is 11.9 Å². The topological polar surface area (TPSA) is 87.1 Å². The third-order valence-corrected chi connectivity index (χ3v) is 3.46. The van der Waals surface area contributed by atoms with Gasteiger partial charge < -0.3 is 19.8 Å². The smallest absolute Gasteiger partial charge is 0.326 e. The first-order chi connectivity index (χ1) is 9.97. The Morgan fingerprint density at radius 1 is 1.43 bits per heavy atom. The number of hydrogen-bond acceptors (Lipinski definition) is 4. The van der Waals surface area contributed by atoms with Crippen molar-refractivity contribution in [1.29, 1.82) is 0 Å². The quantitative estimate of drug-likeness (QED) is 0.839. The fourth-order valence-electron chi connectivity index (χ4n) is 2.43. The molecule has 2 atom stereocenters. The van der Waals surface area contributed by atoms with Gasteiger partial charge in [-0.2, -0.15) is 0 Å². The van der Waals surface area contributed by atoms with Crippen LogP contribution in [0.25, 0.3) is 0 Å². The second kappa shape index (κ2) is 6.58. The first-order valence-electron chi connectivity index (χ1n) is 6.87. The van der Waals surface area contributed by atoms with Gasteiger partial charge in [0.15, 0.2) is 0 Å². The van der Waals surface area contributed by atoms with Crippen molar-refractivity contribution in [2.75, 3.05) is 13.2 Å². The summed E-state index contributed by atoms with van der Waals surface area (Å²) in [6.07, 6.45) is -0.600. The van der Waals surface area contributed by atoms with Crippen molar-refractivity contribution in [2.24, 2.45) is 0 Å². The minimum atomic E-state index is -1.08. The molecule has 0 aromatic heterocycles. The normalized spacial score (nSPS) is 21.3. The molecule has 1 aliphatic heterocycles. The molecule has 2 rings (SSSR count). The molecule has 0 radical (unpaired) electrons. The molecule has 1 saturated heterocycles. The number of carbonyl (C=O) groups is 2. The van der Waals surface area contributed by atoms with Crippen molar-refractivity contribution in [3.63, 3.8) is 0 Å². The van der Waals surface area contributed by atoms with Crippen LogP contribution in [0.1, 0.15) is 18.4 Å². The maximum atomic E-state index is 12.0. The molecule has 1 amide bonds. The Kier molecular flexibility index (Phi) is 4.80. The van der Waals surface area contributed by atoms with Gasteiger partial charge >= 0.3 is 5.97 Å². The minimum absolute atomic E-state index is 0.0697. The number of likely N-dealkylation sites (tertiary alicyclic amines) is 1. The summed E-state index contributed by atoms with van der Waals surface area (Å²) in [5, 5.41) is 18.6. The molecular formula is C15H19NO5. The number of β-amino-alcohol motifs (C(OH)–C–C–N with tert-alkyl or cyclic N) is 1.